The van der Waals surface area contributed by atoms with E-state index in [9.17, 15) is 14.4 Å². The number of carbonyl (C=O) groups excluding carboxylic acids is 2. The minimum Gasteiger partial charge on any atom is -0.445 e. The summed E-state index contributed by atoms with van der Waals surface area (Å²) >= 11 is 5.51. The zero-order chi connectivity index (χ0) is 29.7. The minimum absolute atomic E-state index is 0.0347. The van der Waals surface area contributed by atoms with Gasteiger partial charge in [0.25, 0.3) is 5.56 Å². The summed E-state index contributed by atoms with van der Waals surface area (Å²) in [6.07, 6.45) is 5.66. The van der Waals surface area contributed by atoms with Crippen LogP contribution in [0.25, 0.3) is 11.0 Å². The molecule has 2 aromatic heterocycles. The van der Waals surface area contributed by atoms with Gasteiger partial charge < -0.3 is 23.9 Å². The summed E-state index contributed by atoms with van der Waals surface area (Å²) < 4.78 is 13.4. The van der Waals surface area contributed by atoms with Gasteiger partial charge >= 0.3 is 12.2 Å². The van der Waals surface area contributed by atoms with E-state index in [1.54, 1.807) is 40.3 Å². The van der Waals surface area contributed by atoms with Crippen molar-refractivity contribution in [1.29, 1.82) is 0 Å². The predicted molar refractivity (Wildman–Crippen MR) is 160 cm³/mol. The Hall–Kier alpha value is -4.38. The molecular formula is C30H35N5O5S. The van der Waals surface area contributed by atoms with Gasteiger partial charge in [-0.05, 0) is 55.8 Å². The molecule has 2 amide bonds. The van der Waals surface area contributed by atoms with Crippen molar-refractivity contribution in [3.05, 3.63) is 99.7 Å². The van der Waals surface area contributed by atoms with Crippen LogP contribution in [-0.4, -0.2) is 68.4 Å². The Morgan fingerprint density at radius 3 is 2.61 bits per heavy atom. The second-order valence-corrected chi connectivity index (χ2v) is 11.0. The molecule has 0 radical (unpaired) electrons. The quantitative estimate of drug-likeness (QED) is 0.285. The topological polar surface area (TPSA) is 113 Å². The number of piperazine rings is 1. The molecule has 0 saturated carbocycles. The Labute approximate surface area is 243 Å². The van der Waals surface area contributed by atoms with Gasteiger partial charge in [-0.25, -0.2) is 9.59 Å². The number of aromatic amines is 2. The summed E-state index contributed by atoms with van der Waals surface area (Å²) in [6.45, 7) is 14.0. The number of ether oxygens (including phenoxy) is 2. The highest BCUT2D eigenvalue weighted by molar-refractivity contribution is 7.71. The SMILES string of the molecule is C=C/C=C(\C=C)COC(=O)N1CCN(C(=O)OC(C)(C)C)CC1c1ccccc1Cn1c(=S)[nH]c(=O)c2[nH]ccc21. The third kappa shape index (κ3) is 6.86. The third-order valence-corrected chi connectivity index (χ3v) is 7.00. The molecule has 1 atom stereocenters. The molecule has 1 fully saturated rings. The average Bonchev–Trinajstić information content (AvgIpc) is 3.43. The molecule has 0 bridgehead atoms. The molecular weight excluding hydrogens is 542 g/mol. The van der Waals surface area contributed by atoms with E-state index in [1.807, 2.05) is 49.6 Å². The molecule has 1 saturated heterocycles. The molecule has 4 rings (SSSR count). The third-order valence-electron chi connectivity index (χ3n) is 6.67. The summed E-state index contributed by atoms with van der Waals surface area (Å²) in [5.41, 5.74) is 2.52. The molecule has 3 heterocycles. The fraction of sp³-hybridized carbons (Fsp3) is 0.333. The molecule has 1 aromatic carbocycles. The first-order valence-corrected chi connectivity index (χ1v) is 13.7. The van der Waals surface area contributed by atoms with Crippen LogP contribution in [0.5, 0.6) is 0 Å². The van der Waals surface area contributed by atoms with Crippen molar-refractivity contribution in [3.63, 3.8) is 0 Å². The Bertz CT molecular complexity index is 1610. The number of nitrogens with zero attached hydrogens (tertiary/aromatic N) is 3. The number of aromatic nitrogens is 3. The molecule has 3 aromatic rings. The van der Waals surface area contributed by atoms with Crippen LogP contribution in [0, 0.1) is 4.77 Å². The monoisotopic (exact) mass is 577 g/mol. The number of nitrogens with one attached hydrogen (secondary N) is 2. The van der Waals surface area contributed by atoms with E-state index in [-0.39, 0.29) is 36.6 Å². The standard InChI is InChI=1S/C30H35N5O5S/c1-6-10-20(7-2)19-39-29(38)34-16-15-33(28(37)40-30(3,4)5)18-24(34)22-12-9-8-11-21(22)17-35-23-13-14-31-25(23)26(36)32-27(35)41/h6-14,24,31H,1-2,15-19H2,3-5H3,(H,32,36,41)/b20-10+. The molecule has 216 valence electrons. The lowest BCUT2D eigenvalue weighted by Crippen LogP contribution is -2.53. The number of carbonyl (C=O) groups is 2. The van der Waals surface area contributed by atoms with Gasteiger partial charge in [-0.3, -0.25) is 14.7 Å². The van der Waals surface area contributed by atoms with E-state index in [0.717, 1.165) is 11.1 Å². The van der Waals surface area contributed by atoms with Crippen LogP contribution >= 0.6 is 12.2 Å². The number of H-pyrrole nitrogens is 2. The van der Waals surface area contributed by atoms with Crippen LogP contribution in [0.3, 0.4) is 0 Å². The van der Waals surface area contributed by atoms with E-state index in [4.69, 9.17) is 21.7 Å². The van der Waals surface area contributed by atoms with Gasteiger partial charge in [-0.2, -0.15) is 0 Å². The van der Waals surface area contributed by atoms with Crippen molar-refractivity contribution >= 4 is 35.4 Å². The van der Waals surface area contributed by atoms with Crippen molar-refractivity contribution in [2.24, 2.45) is 0 Å². The molecule has 11 heteroatoms. The summed E-state index contributed by atoms with van der Waals surface area (Å²) in [7, 11) is 0. The van der Waals surface area contributed by atoms with Gasteiger partial charge in [0.1, 0.15) is 17.7 Å². The molecule has 0 spiro atoms. The number of fused-ring (bicyclic) bond motifs is 1. The number of hydrogen-bond donors (Lipinski definition) is 2. The normalized spacial score (nSPS) is 16.0. The minimum atomic E-state index is -0.665. The maximum atomic E-state index is 13.4. The van der Waals surface area contributed by atoms with Crippen LogP contribution in [-0.2, 0) is 16.0 Å². The Balaban J connectivity index is 1.71. The summed E-state index contributed by atoms with van der Waals surface area (Å²) in [4.78, 5) is 47.8. The van der Waals surface area contributed by atoms with Crippen LogP contribution in [0.15, 0.2) is 78.3 Å². The summed E-state index contributed by atoms with van der Waals surface area (Å²) in [6, 6.07) is 8.92. The molecule has 1 unspecified atom stereocenters. The van der Waals surface area contributed by atoms with Crippen LogP contribution in [0.4, 0.5) is 9.59 Å². The molecule has 10 nitrogen and oxygen atoms in total. The Kier molecular flexibility index (Phi) is 8.97. The largest absolute Gasteiger partial charge is 0.445 e. The number of benzene rings is 1. The van der Waals surface area contributed by atoms with E-state index in [0.29, 0.717) is 23.2 Å². The summed E-state index contributed by atoms with van der Waals surface area (Å²) in [5, 5.41) is 0. The molecule has 41 heavy (non-hydrogen) atoms. The Morgan fingerprint density at radius 1 is 1.15 bits per heavy atom. The lowest BCUT2D eigenvalue weighted by molar-refractivity contribution is 0.00229. The first-order valence-electron chi connectivity index (χ1n) is 13.3. The zero-order valence-electron chi connectivity index (χ0n) is 23.5. The van der Waals surface area contributed by atoms with Gasteiger partial charge in [-0.15, -0.1) is 0 Å². The molecule has 0 aliphatic carbocycles. The van der Waals surface area contributed by atoms with Crippen LogP contribution in [0.2, 0.25) is 0 Å². The fourth-order valence-electron chi connectivity index (χ4n) is 4.75. The lowest BCUT2D eigenvalue weighted by atomic mass is 9.97. The maximum Gasteiger partial charge on any atom is 0.410 e. The lowest BCUT2D eigenvalue weighted by Gasteiger charge is -2.41. The number of hydrogen-bond acceptors (Lipinski definition) is 6. The van der Waals surface area contributed by atoms with Gasteiger partial charge in [0, 0.05) is 25.8 Å². The molecule has 1 aliphatic rings. The average molecular weight is 578 g/mol. The molecule has 2 N–H and O–H groups in total. The van der Waals surface area contributed by atoms with E-state index < -0.39 is 23.8 Å². The number of allylic oxidation sites excluding steroid dienone is 2. The molecule has 1 aliphatic heterocycles. The van der Waals surface area contributed by atoms with Gasteiger partial charge in [0.2, 0.25) is 0 Å². The first kappa shape index (κ1) is 29.6. The highest BCUT2D eigenvalue weighted by Gasteiger charge is 2.37. The smallest absolute Gasteiger partial charge is 0.410 e. The number of rotatable bonds is 7. The number of amides is 2. The Morgan fingerprint density at radius 2 is 1.90 bits per heavy atom. The zero-order valence-corrected chi connectivity index (χ0v) is 24.3. The second kappa shape index (κ2) is 12.4. The highest BCUT2D eigenvalue weighted by atomic mass is 32.1. The summed E-state index contributed by atoms with van der Waals surface area (Å²) in [5.74, 6) is 0. The van der Waals surface area contributed by atoms with Crippen molar-refractivity contribution < 1.29 is 19.1 Å². The first-order chi connectivity index (χ1) is 19.5. The van der Waals surface area contributed by atoms with Crippen LogP contribution in [0.1, 0.15) is 37.9 Å². The second-order valence-electron chi connectivity index (χ2n) is 10.7. The maximum absolute atomic E-state index is 13.4. The van der Waals surface area contributed by atoms with Crippen LogP contribution < -0.4 is 5.56 Å². The van der Waals surface area contributed by atoms with Gasteiger partial charge in [0.15, 0.2) is 4.77 Å². The predicted octanol–water partition coefficient (Wildman–Crippen LogP) is 5.46. The van der Waals surface area contributed by atoms with E-state index in [1.165, 1.54) is 0 Å². The van der Waals surface area contributed by atoms with Crippen molar-refractivity contribution in [1.82, 2.24) is 24.3 Å². The highest BCUT2D eigenvalue weighted by Crippen LogP contribution is 2.31. The van der Waals surface area contributed by atoms with Crippen molar-refractivity contribution in [3.8, 4) is 0 Å². The van der Waals surface area contributed by atoms with Crippen molar-refractivity contribution in [2.75, 3.05) is 26.2 Å². The van der Waals surface area contributed by atoms with Crippen molar-refractivity contribution in [2.45, 2.75) is 39.0 Å². The fourth-order valence-corrected chi connectivity index (χ4v) is 5.01. The van der Waals surface area contributed by atoms with Gasteiger partial charge in [-0.1, -0.05) is 55.7 Å². The van der Waals surface area contributed by atoms with E-state index in [2.05, 4.69) is 23.1 Å². The van der Waals surface area contributed by atoms with E-state index >= 15 is 0 Å². The van der Waals surface area contributed by atoms with Gasteiger partial charge in [0.05, 0.1) is 18.1 Å².